The van der Waals surface area contributed by atoms with Gasteiger partial charge < -0.3 is 15.2 Å². The predicted octanol–water partition coefficient (Wildman–Crippen LogP) is -1.36. The maximum absolute atomic E-state index is 11.7. The zero-order chi connectivity index (χ0) is 20.0. The number of phenols is 1. The number of carbonyl (C=O) groups excluding carboxylic acids is 1. The summed E-state index contributed by atoms with van der Waals surface area (Å²) in [5.41, 5.74) is 0.109. The molecule has 0 unspecified atom stereocenters. The summed E-state index contributed by atoms with van der Waals surface area (Å²) in [6.07, 6.45) is 1.10. The summed E-state index contributed by atoms with van der Waals surface area (Å²) in [6, 6.07) is 2.32. The van der Waals surface area contributed by atoms with Crippen molar-refractivity contribution < 1.29 is 19.6 Å². The number of hydrogen-bond donors (Lipinski definition) is 5. The topological polar surface area (TPSA) is 205 Å². The monoisotopic (exact) mass is 379 g/mol. The standard InChI is InChI=1S/C13H13N7O7/c1-27-8-3-6(2-7(10(8)22)20(25)26)4-15-17-9(21)5-14-11-12(23)16-13(24)19-18-11/h2-4,22H,5H2,1H3,(H,14,18)(H,17,21)(H2,16,19,23,24)/b15-4+. The second-order valence-electron chi connectivity index (χ2n) is 4.85. The van der Waals surface area contributed by atoms with Gasteiger partial charge in [0, 0.05) is 11.6 Å². The Bertz CT molecular complexity index is 1010. The van der Waals surface area contributed by atoms with Crippen molar-refractivity contribution in [3.8, 4) is 11.5 Å². The zero-order valence-electron chi connectivity index (χ0n) is 13.7. The molecule has 1 heterocycles. The van der Waals surface area contributed by atoms with E-state index in [9.17, 15) is 29.6 Å². The maximum atomic E-state index is 11.7. The number of aromatic nitrogens is 3. The van der Waals surface area contributed by atoms with Crippen LogP contribution in [0.3, 0.4) is 0 Å². The van der Waals surface area contributed by atoms with E-state index >= 15 is 0 Å². The Labute approximate surface area is 149 Å². The van der Waals surface area contributed by atoms with Gasteiger partial charge >= 0.3 is 11.4 Å². The molecule has 1 amide bonds. The molecule has 0 aliphatic rings. The Morgan fingerprint density at radius 1 is 1.48 bits per heavy atom. The Balaban J connectivity index is 2.01. The SMILES string of the molecule is COc1cc(/C=N/NC(=O)CNc2n[nH]c(=O)[nH]c2=O)cc([N+](=O)[O-])c1O. The highest BCUT2D eigenvalue weighted by Gasteiger charge is 2.19. The van der Waals surface area contributed by atoms with Gasteiger partial charge in [-0.25, -0.2) is 15.3 Å². The molecule has 0 atom stereocenters. The molecule has 5 N–H and O–H groups in total. The Kier molecular flexibility index (Phi) is 5.83. The van der Waals surface area contributed by atoms with E-state index in [2.05, 4.69) is 20.9 Å². The molecule has 142 valence electrons. The molecule has 14 nitrogen and oxygen atoms in total. The highest BCUT2D eigenvalue weighted by Crippen LogP contribution is 2.36. The molecule has 0 saturated heterocycles. The fraction of sp³-hybridized carbons (Fsp3) is 0.154. The first kappa shape index (κ1) is 19.1. The molecule has 0 aliphatic carbocycles. The van der Waals surface area contributed by atoms with Crippen molar-refractivity contribution in [1.29, 1.82) is 0 Å². The van der Waals surface area contributed by atoms with Crippen molar-refractivity contribution in [2.75, 3.05) is 19.0 Å². The van der Waals surface area contributed by atoms with E-state index in [4.69, 9.17) is 4.74 Å². The molecule has 0 aliphatic heterocycles. The molecular formula is C13H13N7O7. The lowest BCUT2D eigenvalue weighted by atomic mass is 10.2. The van der Waals surface area contributed by atoms with Crippen molar-refractivity contribution >= 4 is 23.6 Å². The molecule has 14 heteroatoms. The van der Waals surface area contributed by atoms with Crippen LogP contribution >= 0.6 is 0 Å². The maximum Gasteiger partial charge on any atom is 0.342 e. The fourth-order valence-electron chi connectivity index (χ4n) is 1.83. The fourth-order valence-corrected chi connectivity index (χ4v) is 1.83. The van der Waals surface area contributed by atoms with Crippen LogP contribution in [-0.4, -0.2) is 51.0 Å². The van der Waals surface area contributed by atoms with Crippen molar-refractivity contribution in [1.82, 2.24) is 20.6 Å². The van der Waals surface area contributed by atoms with Gasteiger partial charge in [-0.05, 0) is 6.07 Å². The van der Waals surface area contributed by atoms with Gasteiger partial charge in [0.05, 0.1) is 24.8 Å². The highest BCUT2D eigenvalue weighted by molar-refractivity contribution is 5.85. The van der Waals surface area contributed by atoms with Crippen LogP contribution in [0.25, 0.3) is 0 Å². The summed E-state index contributed by atoms with van der Waals surface area (Å²) in [5, 5.41) is 32.0. The van der Waals surface area contributed by atoms with Gasteiger partial charge in [0.1, 0.15) is 0 Å². The number of methoxy groups -OCH3 is 1. The second kappa shape index (κ2) is 8.24. The van der Waals surface area contributed by atoms with E-state index in [-0.39, 0.29) is 17.1 Å². The number of carbonyl (C=O) groups is 1. The molecule has 2 rings (SSSR count). The third-order valence-electron chi connectivity index (χ3n) is 3.02. The predicted molar refractivity (Wildman–Crippen MR) is 91.0 cm³/mol. The molecular weight excluding hydrogens is 366 g/mol. The van der Waals surface area contributed by atoms with Crippen LogP contribution < -0.4 is 26.7 Å². The smallest absolute Gasteiger partial charge is 0.342 e. The number of nitrogens with one attached hydrogen (secondary N) is 4. The summed E-state index contributed by atoms with van der Waals surface area (Å²) in [6.45, 7) is -0.390. The first-order chi connectivity index (χ1) is 12.8. The number of aromatic amines is 2. The van der Waals surface area contributed by atoms with Gasteiger partial charge in [-0.2, -0.15) is 5.10 Å². The van der Waals surface area contributed by atoms with Crippen LogP contribution in [0.4, 0.5) is 11.5 Å². The number of phenolic OH excluding ortho intramolecular Hbond substituents is 1. The van der Waals surface area contributed by atoms with Crippen molar-refractivity contribution in [2.24, 2.45) is 5.10 Å². The minimum Gasteiger partial charge on any atom is -0.500 e. The summed E-state index contributed by atoms with van der Waals surface area (Å²) < 4.78 is 4.83. The van der Waals surface area contributed by atoms with E-state index in [0.717, 1.165) is 12.3 Å². The van der Waals surface area contributed by atoms with Gasteiger partial charge in [-0.1, -0.05) is 0 Å². The second-order valence-corrected chi connectivity index (χ2v) is 4.85. The minimum atomic E-state index is -0.807. The normalized spacial score (nSPS) is 10.6. The third-order valence-corrected chi connectivity index (χ3v) is 3.02. The Morgan fingerprint density at radius 2 is 2.22 bits per heavy atom. The van der Waals surface area contributed by atoms with Gasteiger partial charge in [0.15, 0.2) is 5.75 Å². The van der Waals surface area contributed by atoms with Crippen LogP contribution in [0, 0.1) is 10.1 Å². The van der Waals surface area contributed by atoms with Gasteiger partial charge in [-0.3, -0.25) is 24.7 Å². The van der Waals surface area contributed by atoms with Gasteiger partial charge in [0.25, 0.3) is 11.5 Å². The summed E-state index contributed by atoms with van der Waals surface area (Å²) in [4.78, 5) is 45.9. The van der Waals surface area contributed by atoms with Crippen molar-refractivity contribution in [3.63, 3.8) is 0 Å². The van der Waals surface area contributed by atoms with Gasteiger partial charge in [-0.15, -0.1) is 5.10 Å². The van der Waals surface area contributed by atoms with Crippen molar-refractivity contribution in [3.05, 3.63) is 48.6 Å². The molecule has 2 aromatic rings. The molecule has 0 saturated carbocycles. The number of nitro groups is 1. The summed E-state index contributed by atoms with van der Waals surface area (Å²) >= 11 is 0. The third kappa shape index (κ3) is 4.88. The number of nitrogens with zero attached hydrogens (tertiary/aromatic N) is 3. The molecule has 1 aromatic heterocycles. The van der Waals surface area contributed by atoms with Gasteiger partial charge in [0.2, 0.25) is 11.6 Å². The van der Waals surface area contributed by atoms with E-state index in [1.807, 2.05) is 10.1 Å². The average molecular weight is 379 g/mol. The number of amides is 1. The van der Waals surface area contributed by atoms with E-state index in [0.29, 0.717) is 0 Å². The van der Waals surface area contributed by atoms with Crippen LogP contribution in [-0.2, 0) is 4.79 Å². The van der Waals surface area contributed by atoms with Crippen molar-refractivity contribution in [2.45, 2.75) is 0 Å². The molecule has 0 spiro atoms. The Morgan fingerprint density at radius 3 is 2.85 bits per heavy atom. The van der Waals surface area contributed by atoms with E-state index in [1.54, 1.807) is 0 Å². The lowest BCUT2D eigenvalue weighted by Gasteiger charge is -2.05. The number of ether oxygens (including phenoxy) is 1. The number of hydrogen-bond acceptors (Lipinski definition) is 10. The lowest BCUT2D eigenvalue weighted by Crippen LogP contribution is -2.31. The lowest BCUT2D eigenvalue weighted by molar-refractivity contribution is -0.386. The molecule has 27 heavy (non-hydrogen) atoms. The summed E-state index contributed by atoms with van der Waals surface area (Å²) in [5.74, 6) is -1.71. The number of benzene rings is 1. The quantitative estimate of drug-likeness (QED) is 0.218. The van der Waals surface area contributed by atoms with Crippen LogP contribution in [0.2, 0.25) is 0 Å². The molecule has 1 aromatic carbocycles. The number of hydrazone groups is 1. The van der Waals surface area contributed by atoms with Crippen LogP contribution in [0.1, 0.15) is 5.56 Å². The zero-order valence-corrected chi connectivity index (χ0v) is 13.7. The average Bonchev–Trinajstić information content (AvgIpc) is 2.61. The molecule has 0 fully saturated rings. The van der Waals surface area contributed by atoms with E-state index in [1.165, 1.54) is 13.2 Å². The number of rotatable bonds is 7. The first-order valence-electron chi connectivity index (χ1n) is 7.12. The number of H-pyrrole nitrogens is 2. The first-order valence-corrected chi connectivity index (χ1v) is 7.12. The number of anilines is 1. The molecule has 0 radical (unpaired) electrons. The minimum absolute atomic E-state index is 0.137. The van der Waals surface area contributed by atoms with Crippen LogP contribution in [0.5, 0.6) is 11.5 Å². The largest absolute Gasteiger partial charge is 0.500 e. The van der Waals surface area contributed by atoms with Crippen LogP contribution in [0.15, 0.2) is 26.8 Å². The summed E-state index contributed by atoms with van der Waals surface area (Å²) in [7, 11) is 1.22. The van der Waals surface area contributed by atoms with E-state index < -0.39 is 40.1 Å². The number of nitro benzene ring substituents is 1. The molecule has 0 bridgehead atoms. The number of aromatic hydroxyl groups is 1. The Hall–Kier alpha value is -4.23. The highest BCUT2D eigenvalue weighted by atomic mass is 16.6.